The van der Waals surface area contributed by atoms with Crippen LogP contribution in [0.5, 0.6) is 0 Å². The Morgan fingerprint density at radius 1 is 1.22 bits per heavy atom. The Labute approximate surface area is 101 Å². The third kappa shape index (κ3) is 2.03. The molecule has 0 spiro atoms. The maximum absolute atomic E-state index is 12.6. The Balaban J connectivity index is 2.61. The average Bonchev–Trinajstić information content (AvgIpc) is 2.59. The van der Waals surface area contributed by atoms with Crippen molar-refractivity contribution >= 4 is 5.69 Å². The molecule has 2 aromatic rings. The first kappa shape index (κ1) is 12.4. The van der Waals surface area contributed by atoms with Crippen LogP contribution >= 0.6 is 0 Å². The van der Waals surface area contributed by atoms with Crippen molar-refractivity contribution in [2.24, 2.45) is 7.05 Å². The molecular weight excluding hydrogens is 245 g/mol. The fourth-order valence-electron chi connectivity index (χ4n) is 1.57. The molecule has 1 heterocycles. The van der Waals surface area contributed by atoms with Crippen LogP contribution in [0, 0.1) is 6.92 Å². The molecule has 0 amide bonds. The normalized spacial score (nSPS) is 11.8. The summed E-state index contributed by atoms with van der Waals surface area (Å²) in [6, 6.07) is 3.16. The fourth-order valence-corrected chi connectivity index (χ4v) is 1.57. The third-order valence-electron chi connectivity index (χ3n) is 2.71. The van der Waals surface area contributed by atoms with Crippen molar-refractivity contribution in [3.8, 4) is 11.4 Å². The van der Waals surface area contributed by atoms with E-state index in [0.717, 1.165) is 12.1 Å². The van der Waals surface area contributed by atoms with E-state index in [4.69, 9.17) is 5.73 Å². The van der Waals surface area contributed by atoms with Gasteiger partial charge in [-0.1, -0.05) is 0 Å². The van der Waals surface area contributed by atoms with Gasteiger partial charge in [-0.15, -0.1) is 10.2 Å². The number of nitrogen functional groups attached to an aromatic ring is 1. The SMILES string of the molecule is Cc1nnc(-c2cc(C(F)(F)F)ccc2N)n1C. The number of halogens is 3. The first-order valence-electron chi connectivity index (χ1n) is 5.14. The number of anilines is 1. The molecule has 0 aliphatic carbocycles. The lowest BCUT2D eigenvalue weighted by Gasteiger charge is -2.10. The van der Waals surface area contributed by atoms with Crippen LogP contribution in [0.25, 0.3) is 11.4 Å². The summed E-state index contributed by atoms with van der Waals surface area (Å²) in [4.78, 5) is 0. The molecule has 0 fully saturated rings. The predicted molar refractivity (Wildman–Crippen MR) is 60.6 cm³/mol. The van der Waals surface area contributed by atoms with E-state index in [1.165, 1.54) is 6.07 Å². The van der Waals surface area contributed by atoms with Crippen molar-refractivity contribution in [3.63, 3.8) is 0 Å². The van der Waals surface area contributed by atoms with Crippen molar-refractivity contribution in [2.45, 2.75) is 13.1 Å². The fraction of sp³-hybridized carbons (Fsp3) is 0.273. The molecule has 96 valence electrons. The highest BCUT2D eigenvalue weighted by Gasteiger charge is 2.31. The number of alkyl halides is 3. The van der Waals surface area contributed by atoms with Crippen molar-refractivity contribution < 1.29 is 13.2 Å². The summed E-state index contributed by atoms with van der Waals surface area (Å²) in [5.41, 5.74) is 5.40. The number of aryl methyl sites for hydroxylation is 1. The standard InChI is InChI=1S/C11H11F3N4/c1-6-16-17-10(18(6)2)8-5-7(11(12,13)14)3-4-9(8)15/h3-5H,15H2,1-2H3. The Morgan fingerprint density at radius 3 is 2.39 bits per heavy atom. The molecular formula is C11H11F3N4. The van der Waals surface area contributed by atoms with Gasteiger partial charge in [0.2, 0.25) is 0 Å². The van der Waals surface area contributed by atoms with Crippen molar-refractivity contribution in [1.29, 1.82) is 0 Å². The molecule has 1 aromatic carbocycles. The summed E-state index contributed by atoms with van der Waals surface area (Å²) in [5, 5.41) is 7.64. The van der Waals surface area contributed by atoms with Crippen LogP contribution in [0.1, 0.15) is 11.4 Å². The quantitative estimate of drug-likeness (QED) is 0.797. The van der Waals surface area contributed by atoms with Gasteiger partial charge in [0.1, 0.15) is 5.82 Å². The molecule has 4 nitrogen and oxygen atoms in total. The van der Waals surface area contributed by atoms with Crippen LogP contribution in [0.15, 0.2) is 18.2 Å². The van der Waals surface area contributed by atoms with E-state index in [1.807, 2.05) is 0 Å². The minimum absolute atomic E-state index is 0.230. The minimum atomic E-state index is -4.41. The monoisotopic (exact) mass is 256 g/mol. The number of aromatic nitrogens is 3. The van der Waals surface area contributed by atoms with Gasteiger partial charge in [0.25, 0.3) is 0 Å². The Morgan fingerprint density at radius 2 is 1.89 bits per heavy atom. The van der Waals surface area contributed by atoms with Gasteiger partial charge in [-0.25, -0.2) is 0 Å². The van der Waals surface area contributed by atoms with E-state index in [-0.39, 0.29) is 11.3 Å². The van der Waals surface area contributed by atoms with Crippen LogP contribution in [-0.2, 0) is 13.2 Å². The van der Waals surface area contributed by atoms with Crippen LogP contribution < -0.4 is 5.73 Å². The zero-order chi connectivity index (χ0) is 13.5. The maximum Gasteiger partial charge on any atom is 0.416 e. The summed E-state index contributed by atoms with van der Waals surface area (Å²) >= 11 is 0. The lowest BCUT2D eigenvalue weighted by atomic mass is 10.1. The van der Waals surface area contributed by atoms with Crippen molar-refractivity contribution in [1.82, 2.24) is 14.8 Å². The smallest absolute Gasteiger partial charge is 0.398 e. The molecule has 0 aliphatic rings. The Kier molecular flexibility index (Phi) is 2.76. The zero-order valence-electron chi connectivity index (χ0n) is 9.78. The van der Waals surface area contributed by atoms with Gasteiger partial charge in [0.15, 0.2) is 5.82 Å². The second-order valence-corrected chi connectivity index (χ2v) is 3.93. The van der Waals surface area contributed by atoms with Gasteiger partial charge in [-0.05, 0) is 25.1 Å². The Bertz CT molecular complexity index is 586. The summed E-state index contributed by atoms with van der Waals surface area (Å²) in [6.45, 7) is 1.71. The molecule has 0 saturated heterocycles. The van der Waals surface area contributed by atoms with Crippen LogP contribution in [0.2, 0.25) is 0 Å². The molecule has 0 atom stereocenters. The first-order chi connectivity index (χ1) is 8.30. The molecule has 0 radical (unpaired) electrons. The number of hydrogen-bond donors (Lipinski definition) is 1. The zero-order valence-corrected chi connectivity index (χ0v) is 9.78. The lowest BCUT2D eigenvalue weighted by Crippen LogP contribution is -2.07. The molecule has 2 rings (SSSR count). The number of nitrogens with two attached hydrogens (primary N) is 1. The number of rotatable bonds is 1. The van der Waals surface area contributed by atoms with Crippen LogP contribution in [0.3, 0.4) is 0 Å². The number of benzene rings is 1. The van der Waals surface area contributed by atoms with E-state index in [1.54, 1.807) is 18.5 Å². The molecule has 7 heteroatoms. The number of nitrogens with zero attached hydrogens (tertiary/aromatic N) is 3. The summed E-state index contributed by atoms with van der Waals surface area (Å²) < 4.78 is 39.5. The van der Waals surface area contributed by atoms with Crippen LogP contribution in [0.4, 0.5) is 18.9 Å². The van der Waals surface area contributed by atoms with E-state index in [2.05, 4.69) is 10.2 Å². The highest BCUT2D eigenvalue weighted by atomic mass is 19.4. The molecule has 0 aliphatic heterocycles. The largest absolute Gasteiger partial charge is 0.416 e. The minimum Gasteiger partial charge on any atom is -0.398 e. The highest BCUT2D eigenvalue weighted by molar-refractivity contribution is 5.72. The van der Waals surface area contributed by atoms with Crippen LogP contribution in [-0.4, -0.2) is 14.8 Å². The van der Waals surface area contributed by atoms with E-state index in [0.29, 0.717) is 11.6 Å². The van der Waals surface area contributed by atoms with Gasteiger partial charge in [0.05, 0.1) is 5.56 Å². The molecule has 2 N–H and O–H groups in total. The third-order valence-corrected chi connectivity index (χ3v) is 2.71. The second-order valence-electron chi connectivity index (χ2n) is 3.93. The molecule has 0 saturated carbocycles. The lowest BCUT2D eigenvalue weighted by molar-refractivity contribution is -0.137. The Hall–Kier alpha value is -2.05. The van der Waals surface area contributed by atoms with Gasteiger partial charge in [0, 0.05) is 18.3 Å². The summed E-state index contributed by atoms with van der Waals surface area (Å²) in [7, 11) is 1.67. The second kappa shape index (κ2) is 4.01. The van der Waals surface area contributed by atoms with E-state index < -0.39 is 11.7 Å². The van der Waals surface area contributed by atoms with Gasteiger partial charge in [-0.2, -0.15) is 13.2 Å². The summed E-state index contributed by atoms with van der Waals surface area (Å²) in [5.74, 6) is 0.915. The van der Waals surface area contributed by atoms with E-state index in [9.17, 15) is 13.2 Å². The van der Waals surface area contributed by atoms with E-state index >= 15 is 0 Å². The molecule has 0 bridgehead atoms. The van der Waals surface area contributed by atoms with Gasteiger partial charge in [-0.3, -0.25) is 0 Å². The van der Waals surface area contributed by atoms with Gasteiger partial charge < -0.3 is 10.3 Å². The molecule has 1 aromatic heterocycles. The predicted octanol–water partition coefficient (Wildman–Crippen LogP) is 2.39. The van der Waals surface area contributed by atoms with Crippen molar-refractivity contribution in [2.75, 3.05) is 5.73 Å². The summed E-state index contributed by atoms with van der Waals surface area (Å²) in [6.07, 6.45) is -4.41. The first-order valence-corrected chi connectivity index (χ1v) is 5.14. The maximum atomic E-state index is 12.6. The highest BCUT2D eigenvalue weighted by Crippen LogP contribution is 2.34. The van der Waals surface area contributed by atoms with Crippen molar-refractivity contribution in [3.05, 3.63) is 29.6 Å². The molecule has 0 unspecified atom stereocenters. The molecule has 18 heavy (non-hydrogen) atoms. The number of hydrogen-bond acceptors (Lipinski definition) is 3. The average molecular weight is 256 g/mol. The van der Waals surface area contributed by atoms with Gasteiger partial charge >= 0.3 is 6.18 Å². The topological polar surface area (TPSA) is 56.7 Å².